The van der Waals surface area contributed by atoms with E-state index in [1.165, 1.54) is 0 Å². The van der Waals surface area contributed by atoms with E-state index < -0.39 is 10.0 Å². The molecule has 0 saturated carbocycles. The average molecular weight is 455 g/mol. The molecule has 0 spiro atoms. The van der Waals surface area contributed by atoms with Gasteiger partial charge in [0.25, 0.3) is 15.9 Å². The van der Waals surface area contributed by atoms with E-state index in [9.17, 15) is 13.2 Å². The van der Waals surface area contributed by atoms with Crippen LogP contribution in [0.15, 0.2) is 71.6 Å². The van der Waals surface area contributed by atoms with Gasteiger partial charge in [0, 0.05) is 17.3 Å². The summed E-state index contributed by atoms with van der Waals surface area (Å²) >= 11 is 0. The molecular weight excluding hydrogens is 428 g/mol. The van der Waals surface area contributed by atoms with Gasteiger partial charge in [0.2, 0.25) is 0 Å². The number of carbonyl (C=O) groups excluding carboxylic acids is 1. The fourth-order valence-electron chi connectivity index (χ4n) is 2.91. The zero-order valence-corrected chi connectivity index (χ0v) is 19.0. The minimum absolute atomic E-state index is 0.193. The summed E-state index contributed by atoms with van der Waals surface area (Å²) < 4.78 is 38.5. The number of carbonyl (C=O) groups is 1. The molecule has 0 aromatic heterocycles. The largest absolute Gasteiger partial charge is 0.497 e. The van der Waals surface area contributed by atoms with Crippen LogP contribution in [0.4, 0.5) is 5.69 Å². The van der Waals surface area contributed by atoms with Gasteiger partial charge in [-0.25, -0.2) is 8.42 Å². The number of methoxy groups -OCH3 is 1. The fraction of sp³-hybridized carbons (Fsp3) is 0.208. The van der Waals surface area contributed by atoms with Crippen molar-refractivity contribution in [3.63, 3.8) is 0 Å². The molecular formula is C24H26N2O5S. The minimum atomic E-state index is -3.71. The van der Waals surface area contributed by atoms with Crippen LogP contribution in [0.25, 0.3) is 0 Å². The average Bonchev–Trinajstić information content (AvgIpc) is 2.78. The van der Waals surface area contributed by atoms with Crippen LogP contribution in [-0.4, -0.2) is 34.6 Å². The molecule has 8 heteroatoms. The lowest BCUT2D eigenvalue weighted by molar-refractivity contribution is 0.0947. The van der Waals surface area contributed by atoms with Crippen LogP contribution in [-0.2, 0) is 10.0 Å². The summed E-state index contributed by atoms with van der Waals surface area (Å²) in [5.74, 6) is 1.07. The highest BCUT2D eigenvalue weighted by Gasteiger charge is 2.15. The van der Waals surface area contributed by atoms with Crippen molar-refractivity contribution in [1.29, 1.82) is 0 Å². The number of anilines is 1. The van der Waals surface area contributed by atoms with Crippen LogP contribution < -0.4 is 19.5 Å². The van der Waals surface area contributed by atoms with Crippen molar-refractivity contribution in [2.24, 2.45) is 0 Å². The van der Waals surface area contributed by atoms with Gasteiger partial charge in [-0.05, 0) is 73.5 Å². The molecule has 0 fully saturated rings. The summed E-state index contributed by atoms with van der Waals surface area (Å²) in [7, 11) is -2.13. The summed E-state index contributed by atoms with van der Waals surface area (Å²) in [5.41, 5.74) is 2.71. The fourth-order valence-corrected chi connectivity index (χ4v) is 4.05. The van der Waals surface area contributed by atoms with Crippen molar-refractivity contribution < 1.29 is 22.7 Å². The maximum Gasteiger partial charge on any atom is 0.261 e. The van der Waals surface area contributed by atoms with E-state index in [2.05, 4.69) is 10.0 Å². The number of amides is 1. The van der Waals surface area contributed by atoms with E-state index in [0.29, 0.717) is 35.9 Å². The van der Waals surface area contributed by atoms with Crippen LogP contribution in [0, 0.1) is 13.8 Å². The summed E-state index contributed by atoms with van der Waals surface area (Å²) in [6.45, 7) is 4.40. The van der Waals surface area contributed by atoms with E-state index in [0.717, 1.165) is 11.1 Å². The monoisotopic (exact) mass is 454 g/mol. The lowest BCUT2D eigenvalue weighted by Gasteiger charge is -2.11. The number of sulfonamides is 1. The predicted molar refractivity (Wildman–Crippen MR) is 124 cm³/mol. The predicted octanol–water partition coefficient (Wildman–Crippen LogP) is 3.92. The lowest BCUT2D eigenvalue weighted by Crippen LogP contribution is -2.28. The molecule has 7 nitrogen and oxygen atoms in total. The third-order valence-electron chi connectivity index (χ3n) is 4.89. The van der Waals surface area contributed by atoms with Gasteiger partial charge in [0.1, 0.15) is 18.1 Å². The van der Waals surface area contributed by atoms with Gasteiger partial charge in [-0.3, -0.25) is 9.52 Å². The van der Waals surface area contributed by atoms with E-state index in [-0.39, 0.29) is 10.8 Å². The Labute approximate surface area is 188 Å². The number of benzene rings is 3. The van der Waals surface area contributed by atoms with Crippen molar-refractivity contribution in [3.05, 3.63) is 83.4 Å². The molecule has 3 aromatic carbocycles. The summed E-state index contributed by atoms with van der Waals surface area (Å²) in [5, 5.41) is 2.77. The Kier molecular flexibility index (Phi) is 7.37. The van der Waals surface area contributed by atoms with Crippen molar-refractivity contribution >= 4 is 21.6 Å². The Morgan fingerprint density at radius 3 is 2.31 bits per heavy atom. The van der Waals surface area contributed by atoms with Gasteiger partial charge in [0.15, 0.2) is 0 Å². The van der Waals surface area contributed by atoms with E-state index in [1.807, 2.05) is 32.0 Å². The molecule has 2 N–H and O–H groups in total. The number of rotatable bonds is 9. The highest BCUT2D eigenvalue weighted by Crippen LogP contribution is 2.20. The SMILES string of the molecule is COc1cccc(OCCNC(=O)c2ccc(NS(=O)(=O)c3ccc(C)c(C)c3)cc2)c1. The molecule has 0 aliphatic rings. The van der Waals surface area contributed by atoms with Gasteiger partial charge >= 0.3 is 0 Å². The molecule has 168 valence electrons. The maximum absolute atomic E-state index is 12.6. The van der Waals surface area contributed by atoms with Crippen LogP contribution in [0.3, 0.4) is 0 Å². The van der Waals surface area contributed by atoms with Crippen molar-refractivity contribution in [1.82, 2.24) is 5.32 Å². The minimum Gasteiger partial charge on any atom is -0.497 e. The Hall–Kier alpha value is -3.52. The number of ether oxygens (including phenoxy) is 2. The second-order valence-electron chi connectivity index (χ2n) is 7.21. The summed E-state index contributed by atoms with van der Waals surface area (Å²) in [4.78, 5) is 12.5. The molecule has 0 bridgehead atoms. The Morgan fingerprint density at radius 2 is 1.62 bits per heavy atom. The normalized spacial score (nSPS) is 11.0. The van der Waals surface area contributed by atoms with Crippen LogP contribution in [0.2, 0.25) is 0 Å². The molecule has 0 aliphatic heterocycles. The van der Waals surface area contributed by atoms with Crippen LogP contribution in [0.1, 0.15) is 21.5 Å². The Balaban J connectivity index is 1.53. The van der Waals surface area contributed by atoms with E-state index in [1.54, 1.807) is 55.6 Å². The Morgan fingerprint density at radius 1 is 0.906 bits per heavy atom. The van der Waals surface area contributed by atoms with Crippen LogP contribution >= 0.6 is 0 Å². The molecule has 1 amide bonds. The first-order valence-electron chi connectivity index (χ1n) is 10.0. The molecule has 0 radical (unpaired) electrons. The van der Waals surface area contributed by atoms with E-state index in [4.69, 9.17) is 9.47 Å². The molecule has 0 saturated heterocycles. The van der Waals surface area contributed by atoms with Crippen molar-refractivity contribution in [2.75, 3.05) is 25.0 Å². The molecule has 3 rings (SSSR count). The lowest BCUT2D eigenvalue weighted by atomic mass is 10.1. The van der Waals surface area contributed by atoms with Crippen molar-refractivity contribution in [2.45, 2.75) is 18.7 Å². The smallest absolute Gasteiger partial charge is 0.261 e. The van der Waals surface area contributed by atoms with Gasteiger partial charge < -0.3 is 14.8 Å². The molecule has 3 aromatic rings. The topological polar surface area (TPSA) is 93.7 Å². The first-order valence-corrected chi connectivity index (χ1v) is 11.5. The van der Waals surface area contributed by atoms with Crippen LogP contribution in [0.5, 0.6) is 11.5 Å². The standard InChI is InChI=1S/C24H26N2O5S/c1-17-7-12-23(15-18(17)2)32(28,29)26-20-10-8-19(9-11-20)24(27)25-13-14-31-22-6-4-5-21(16-22)30-3/h4-12,15-16,26H,13-14H2,1-3H3,(H,25,27). The first-order chi connectivity index (χ1) is 15.3. The zero-order chi connectivity index (χ0) is 23.1. The molecule has 32 heavy (non-hydrogen) atoms. The third kappa shape index (κ3) is 6.01. The number of aryl methyl sites for hydroxylation is 2. The molecule has 0 atom stereocenters. The number of hydrogen-bond acceptors (Lipinski definition) is 5. The van der Waals surface area contributed by atoms with Gasteiger partial charge in [-0.1, -0.05) is 12.1 Å². The van der Waals surface area contributed by atoms with Gasteiger partial charge in [0.05, 0.1) is 18.6 Å². The second kappa shape index (κ2) is 10.2. The molecule has 0 heterocycles. The summed E-state index contributed by atoms with van der Waals surface area (Å²) in [6, 6.07) is 18.4. The molecule has 0 unspecified atom stereocenters. The highest BCUT2D eigenvalue weighted by molar-refractivity contribution is 7.92. The van der Waals surface area contributed by atoms with Crippen molar-refractivity contribution in [3.8, 4) is 11.5 Å². The maximum atomic E-state index is 12.6. The number of hydrogen-bond donors (Lipinski definition) is 2. The number of nitrogens with one attached hydrogen (secondary N) is 2. The van der Waals surface area contributed by atoms with E-state index >= 15 is 0 Å². The van der Waals surface area contributed by atoms with Gasteiger partial charge in [-0.15, -0.1) is 0 Å². The Bertz CT molecular complexity index is 1190. The molecule has 0 aliphatic carbocycles. The summed E-state index contributed by atoms with van der Waals surface area (Å²) in [6.07, 6.45) is 0. The second-order valence-corrected chi connectivity index (χ2v) is 8.89. The zero-order valence-electron chi connectivity index (χ0n) is 18.2. The third-order valence-corrected chi connectivity index (χ3v) is 6.26. The van der Waals surface area contributed by atoms with Gasteiger partial charge in [-0.2, -0.15) is 0 Å². The quantitative estimate of drug-likeness (QED) is 0.478. The first kappa shape index (κ1) is 23.1. The highest BCUT2D eigenvalue weighted by atomic mass is 32.2.